The predicted octanol–water partition coefficient (Wildman–Crippen LogP) is 1.69. The van der Waals surface area contributed by atoms with E-state index in [1.54, 1.807) is 6.92 Å². The fourth-order valence-corrected chi connectivity index (χ4v) is 0.910. The Labute approximate surface area is 78.7 Å². The van der Waals surface area contributed by atoms with Crippen LogP contribution in [0.1, 0.15) is 20.3 Å². The van der Waals surface area contributed by atoms with Crippen molar-refractivity contribution >= 4 is 10.1 Å². The second kappa shape index (κ2) is 5.77. The summed E-state index contributed by atoms with van der Waals surface area (Å²) >= 11 is 0. The summed E-state index contributed by atoms with van der Waals surface area (Å²) in [6, 6.07) is 3.89. The number of hydrogen-bond donors (Lipinski definition) is 2. The van der Waals surface area contributed by atoms with Crippen LogP contribution in [-0.4, -0.2) is 23.2 Å². The molecule has 0 aliphatic rings. The molecule has 1 rings (SSSR count). The first kappa shape index (κ1) is 12.2. The highest BCUT2D eigenvalue weighted by Crippen LogP contribution is 1.99. The van der Waals surface area contributed by atoms with E-state index in [0.29, 0.717) is 6.42 Å². The van der Waals surface area contributed by atoms with Gasteiger partial charge in [-0.25, -0.2) is 0 Å². The van der Waals surface area contributed by atoms with Gasteiger partial charge in [0.15, 0.2) is 0 Å². The number of rotatable bonds is 2. The molecule has 1 aromatic rings. The first-order valence-electron chi connectivity index (χ1n) is 4.02. The Morgan fingerprint density at radius 3 is 1.92 bits per heavy atom. The van der Waals surface area contributed by atoms with Crippen LogP contribution in [0.15, 0.2) is 24.5 Å². The van der Waals surface area contributed by atoms with Crippen LogP contribution in [-0.2, 0) is 10.1 Å². The van der Waals surface area contributed by atoms with Gasteiger partial charge in [0, 0.05) is 12.4 Å². The molecule has 76 valence electrons. The van der Waals surface area contributed by atoms with E-state index in [4.69, 9.17) is 4.55 Å². The van der Waals surface area contributed by atoms with Crippen LogP contribution in [0.25, 0.3) is 0 Å². The van der Waals surface area contributed by atoms with E-state index in [0.717, 1.165) is 0 Å². The lowest BCUT2D eigenvalue weighted by Gasteiger charge is -2.00. The van der Waals surface area contributed by atoms with Crippen LogP contribution < -0.4 is 0 Å². The molecule has 0 saturated carbocycles. The third-order valence-corrected chi connectivity index (χ3v) is 2.93. The average molecular weight is 205 g/mol. The highest BCUT2D eigenvalue weighted by molar-refractivity contribution is 7.86. The van der Waals surface area contributed by atoms with Crippen molar-refractivity contribution in [1.82, 2.24) is 4.98 Å². The fourth-order valence-electron chi connectivity index (χ4n) is 0.488. The van der Waals surface area contributed by atoms with Gasteiger partial charge < -0.3 is 4.98 Å². The minimum atomic E-state index is -3.75. The summed E-state index contributed by atoms with van der Waals surface area (Å²) in [5.41, 5.74) is 0. The van der Waals surface area contributed by atoms with Crippen molar-refractivity contribution in [3.63, 3.8) is 0 Å². The monoisotopic (exact) mass is 205 g/mol. The van der Waals surface area contributed by atoms with Crippen molar-refractivity contribution in [3.8, 4) is 0 Å². The summed E-state index contributed by atoms with van der Waals surface area (Å²) in [6.07, 6.45) is 4.21. The molecule has 0 bridgehead atoms. The number of aromatic nitrogens is 1. The van der Waals surface area contributed by atoms with E-state index in [1.807, 2.05) is 24.5 Å². The maximum atomic E-state index is 10.1. The molecule has 1 aromatic heterocycles. The third-order valence-electron chi connectivity index (χ3n) is 1.58. The van der Waals surface area contributed by atoms with Crippen LogP contribution in [0.3, 0.4) is 0 Å². The molecule has 1 atom stereocenters. The molecule has 0 aliphatic heterocycles. The van der Waals surface area contributed by atoms with Gasteiger partial charge in [-0.2, -0.15) is 8.42 Å². The van der Waals surface area contributed by atoms with E-state index in [2.05, 4.69) is 4.98 Å². The zero-order valence-electron chi connectivity index (χ0n) is 7.77. The molecule has 1 heterocycles. The summed E-state index contributed by atoms with van der Waals surface area (Å²) in [4.78, 5) is 2.86. The molecular weight excluding hydrogens is 190 g/mol. The SMILES string of the molecule is CCC(C)S(=O)(=O)O.c1cc[nH]c1. The van der Waals surface area contributed by atoms with Gasteiger partial charge in [0.1, 0.15) is 0 Å². The second-order valence-electron chi connectivity index (χ2n) is 2.62. The minimum absolute atomic E-state index is 0.457. The van der Waals surface area contributed by atoms with Crippen molar-refractivity contribution in [3.05, 3.63) is 24.5 Å². The Morgan fingerprint density at radius 1 is 1.38 bits per heavy atom. The molecular formula is C8H15NO3S. The quantitative estimate of drug-likeness (QED) is 0.722. The fraction of sp³-hybridized carbons (Fsp3) is 0.500. The van der Waals surface area contributed by atoms with E-state index >= 15 is 0 Å². The Bertz CT molecular complexity index is 274. The summed E-state index contributed by atoms with van der Waals surface area (Å²) in [7, 11) is -3.75. The summed E-state index contributed by atoms with van der Waals surface area (Å²) in [6.45, 7) is 3.17. The van der Waals surface area contributed by atoms with Crippen molar-refractivity contribution < 1.29 is 13.0 Å². The van der Waals surface area contributed by atoms with Gasteiger partial charge in [-0.15, -0.1) is 0 Å². The van der Waals surface area contributed by atoms with Gasteiger partial charge >= 0.3 is 0 Å². The zero-order chi connectivity index (χ0) is 10.3. The Balaban J connectivity index is 0.000000243. The van der Waals surface area contributed by atoms with E-state index in [1.165, 1.54) is 6.92 Å². The summed E-state index contributed by atoms with van der Waals surface area (Å²) in [5, 5.41) is -0.623. The van der Waals surface area contributed by atoms with E-state index < -0.39 is 15.4 Å². The first-order valence-corrected chi connectivity index (χ1v) is 5.52. The van der Waals surface area contributed by atoms with Crippen LogP contribution in [0.5, 0.6) is 0 Å². The minimum Gasteiger partial charge on any atom is -0.368 e. The van der Waals surface area contributed by atoms with Gasteiger partial charge in [0.2, 0.25) is 0 Å². The molecule has 0 fully saturated rings. The Morgan fingerprint density at radius 2 is 1.85 bits per heavy atom. The van der Waals surface area contributed by atoms with E-state index in [9.17, 15) is 8.42 Å². The lowest BCUT2D eigenvalue weighted by atomic mass is 10.4. The molecule has 0 amide bonds. The number of nitrogens with one attached hydrogen (secondary N) is 1. The summed E-state index contributed by atoms with van der Waals surface area (Å²) < 4.78 is 28.5. The highest BCUT2D eigenvalue weighted by atomic mass is 32.2. The molecule has 0 spiro atoms. The number of hydrogen-bond acceptors (Lipinski definition) is 2. The molecule has 5 heteroatoms. The number of H-pyrrole nitrogens is 1. The standard InChI is InChI=1S/C4H5N.C4H10O3S/c1-2-4-5-3-1;1-3-4(2)8(5,6)7/h1-5H;4H,3H2,1-2H3,(H,5,6,7). The van der Waals surface area contributed by atoms with Crippen LogP contribution in [0.2, 0.25) is 0 Å². The predicted molar refractivity (Wildman–Crippen MR) is 52.1 cm³/mol. The zero-order valence-corrected chi connectivity index (χ0v) is 8.58. The van der Waals surface area contributed by atoms with Crippen molar-refractivity contribution in [2.75, 3.05) is 0 Å². The molecule has 0 saturated heterocycles. The van der Waals surface area contributed by atoms with Gasteiger partial charge in [-0.3, -0.25) is 4.55 Å². The first-order chi connectivity index (χ1) is 5.98. The molecule has 0 radical (unpaired) electrons. The smallest absolute Gasteiger partial charge is 0.267 e. The molecule has 4 nitrogen and oxygen atoms in total. The second-order valence-corrected chi connectivity index (χ2v) is 4.45. The van der Waals surface area contributed by atoms with Crippen molar-refractivity contribution in [2.24, 2.45) is 0 Å². The van der Waals surface area contributed by atoms with Crippen molar-refractivity contribution in [2.45, 2.75) is 25.5 Å². The van der Waals surface area contributed by atoms with Crippen molar-refractivity contribution in [1.29, 1.82) is 0 Å². The van der Waals surface area contributed by atoms with Crippen LogP contribution >= 0.6 is 0 Å². The largest absolute Gasteiger partial charge is 0.368 e. The normalized spacial score (nSPS) is 12.8. The maximum Gasteiger partial charge on any atom is 0.267 e. The Kier molecular flexibility index (Phi) is 5.41. The molecule has 0 aromatic carbocycles. The van der Waals surface area contributed by atoms with E-state index in [-0.39, 0.29) is 0 Å². The third kappa shape index (κ3) is 6.36. The topological polar surface area (TPSA) is 70.2 Å². The summed E-state index contributed by atoms with van der Waals surface area (Å²) in [5.74, 6) is 0. The lowest BCUT2D eigenvalue weighted by Crippen LogP contribution is -2.14. The molecule has 0 aliphatic carbocycles. The molecule has 13 heavy (non-hydrogen) atoms. The molecule has 2 N–H and O–H groups in total. The van der Waals surface area contributed by atoms with Gasteiger partial charge in [0.25, 0.3) is 10.1 Å². The maximum absolute atomic E-state index is 10.1. The van der Waals surface area contributed by atoms with Gasteiger partial charge in [-0.1, -0.05) is 6.92 Å². The Hall–Kier alpha value is -0.810. The lowest BCUT2D eigenvalue weighted by molar-refractivity contribution is 0.468. The van der Waals surface area contributed by atoms with Crippen LogP contribution in [0, 0.1) is 0 Å². The van der Waals surface area contributed by atoms with Crippen LogP contribution in [0.4, 0.5) is 0 Å². The average Bonchev–Trinajstić information content (AvgIpc) is 2.58. The number of aromatic amines is 1. The molecule has 1 unspecified atom stereocenters. The highest BCUT2D eigenvalue weighted by Gasteiger charge is 2.13. The van der Waals surface area contributed by atoms with Gasteiger partial charge in [-0.05, 0) is 25.5 Å². The van der Waals surface area contributed by atoms with Gasteiger partial charge in [0.05, 0.1) is 5.25 Å².